The molecule has 1 aromatic heterocycles. The number of aliphatic carboxylic acids is 1. The van der Waals surface area contributed by atoms with Crippen LogP contribution < -0.4 is 0 Å². The van der Waals surface area contributed by atoms with Crippen LogP contribution in [0.2, 0.25) is 0 Å². The van der Waals surface area contributed by atoms with Gasteiger partial charge in [0.25, 0.3) is 0 Å². The number of piperidine rings is 1. The summed E-state index contributed by atoms with van der Waals surface area (Å²) >= 11 is 3.50. The number of fused-ring (bicyclic) bond motifs is 1. The highest BCUT2D eigenvalue weighted by Crippen LogP contribution is 2.25. The zero-order chi connectivity index (χ0) is 15.7. The van der Waals surface area contributed by atoms with Crippen molar-refractivity contribution < 1.29 is 14.7 Å². The van der Waals surface area contributed by atoms with Crippen LogP contribution in [-0.4, -0.2) is 39.5 Å². The normalized spacial score (nSPS) is 18.6. The number of hydrogen-bond acceptors (Lipinski definition) is 2. The molecule has 0 spiro atoms. The van der Waals surface area contributed by atoms with Crippen molar-refractivity contribution in [2.75, 3.05) is 13.1 Å². The highest BCUT2D eigenvalue weighted by Gasteiger charge is 2.28. The molecule has 116 valence electrons. The van der Waals surface area contributed by atoms with Gasteiger partial charge in [-0.3, -0.25) is 9.59 Å². The summed E-state index contributed by atoms with van der Waals surface area (Å²) < 4.78 is 2.91. The Hall–Kier alpha value is -1.82. The molecule has 0 aliphatic carbocycles. The minimum Gasteiger partial charge on any atom is -0.481 e. The number of nitrogens with zero attached hydrogens (tertiary/aromatic N) is 2. The number of hydrogen-bond donors (Lipinski definition) is 1. The first-order valence-corrected chi connectivity index (χ1v) is 8.09. The molecule has 1 aliphatic heterocycles. The third-order valence-electron chi connectivity index (χ3n) is 4.19. The number of carbonyl (C=O) groups excluding carboxylic acids is 1. The maximum Gasteiger partial charge on any atom is 0.308 e. The van der Waals surface area contributed by atoms with Gasteiger partial charge in [-0.05, 0) is 31.0 Å². The number of carbonyl (C=O) groups is 2. The molecule has 1 aliphatic rings. The molecule has 3 rings (SSSR count). The first-order valence-electron chi connectivity index (χ1n) is 7.30. The van der Waals surface area contributed by atoms with Crippen LogP contribution in [0.5, 0.6) is 0 Å². The van der Waals surface area contributed by atoms with E-state index < -0.39 is 11.9 Å². The Balaban J connectivity index is 1.76. The molecule has 0 saturated carbocycles. The van der Waals surface area contributed by atoms with Crippen molar-refractivity contribution in [3.05, 3.63) is 34.9 Å². The first-order chi connectivity index (χ1) is 10.6. The van der Waals surface area contributed by atoms with Gasteiger partial charge in [0, 0.05) is 34.7 Å². The van der Waals surface area contributed by atoms with Crippen molar-refractivity contribution in [2.45, 2.75) is 19.4 Å². The monoisotopic (exact) mass is 364 g/mol. The van der Waals surface area contributed by atoms with Gasteiger partial charge in [-0.2, -0.15) is 0 Å². The summed E-state index contributed by atoms with van der Waals surface area (Å²) in [6.45, 7) is 1.20. The zero-order valence-electron chi connectivity index (χ0n) is 12.0. The van der Waals surface area contributed by atoms with Gasteiger partial charge in [-0.1, -0.05) is 22.0 Å². The predicted octanol–water partition coefficient (Wildman–Crippen LogP) is 2.73. The van der Waals surface area contributed by atoms with Crippen LogP contribution in [0, 0.1) is 5.92 Å². The summed E-state index contributed by atoms with van der Waals surface area (Å²) in [4.78, 5) is 25.2. The van der Waals surface area contributed by atoms with E-state index in [1.54, 1.807) is 4.90 Å². The fourth-order valence-corrected chi connectivity index (χ4v) is 3.46. The van der Waals surface area contributed by atoms with Gasteiger partial charge in [0.05, 0.1) is 5.92 Å². The second-order valence-electron chi connectivity index (χ2n) is 5.63. The number of rotatable bonds is 3. The lowest BCUT2D eigenvalue weighted by molar-refractivity contribution is -0.145. The molecule has 1 saturated heterocycles. The molecule has 0 bridgehead atoms. The number of halogens is 1. The second kappa shape index (κ2) is 6.12. The molecule has 1 amide bonds. The Morgan fingerprint density at radius 1 is 1.32 bits per heavy atom. The minimum atomic E-state index is -0.812. The summed E-state index contributed by atoms with van der Waals surface area (Å²) in [7, 11) is 0. The van der Waals surface area contributed by atoms with Gasteiger partial charge in [0.15, 0.2) is 0 Å². The van der Waals surface area contributed by atoms with Crippen LogP contribution in [0.25, 0.3) is 10.9 Å². The van der Waals surface area contributed by atoms with Crippen LogP contribution in [0.1, 0.15) is 12.8 Å². The van der Waals surface area contributed by atoms with Gasteiger partial charge in [0.1, 0.15) is 6.54 Å². The Labute approximate surface area is 136 Å². The first kappa shape index (κ1) is 15.1. The van der Waals surface area contributed by atoms with Crippen molar-refractivity contribution in [2.24, 2.45) is 5.92 Å². The molecular formula is C16H17BrN2O3. The minimum absolute atomic E-state index is 0.0246. The number of benzene rings is 1. The van der Waals surface area contributed by atoms with Gasteiger partial charge >= 0.3 is 5.97 Å². The smallest absolute Gasteiger partial charge is 0.308 e. The topological polar surface area (TPSA) is 62.5 Å². The van der Waals surface area contributed by atoms with Gasteiger partial charge in [-0.25, -0.2) is 0 Å². The number of likely N-dealkylation sites (tertiary alicyclic amines) is 1. The summed E-state index contributed by atoms with van der Waals surface area (Å²) in [6.07, 6.45) is 3.30. The standard InChI is InChI=1S/C16H17BrN2O3/c17-13-4-1-5-14-12(13)6-8-18(14)10-15(20)19-7-2-3-11(9-19)16(21)22/h1,4-6,8,11H,2-3,7,9-10H2,(H,21,22). The third kappa shape index (κ3) is 2.88. The summed E-state index contributed by atoms with van der Waals surface area (Å²) in [5, 5.41) is 10.2. The molecule has 1 fully saturated rings. The van der Waals surface area contributed by atoms with Crippen LogP contribution in [0.3, 0.4) is 0 Å². The maximum absolute atomic E-state index is 12.5. The molecule has 22 heavy (non-hydrogen) atoms. The highest BCUT2D eigenvalue weighted by atomic mass is 79.9. The zero-order valence-corrected chi connectivity index (χ0v) is 13.6. The van der Waals surface area contributed by atoms with Gasteiger partial charge in [-0.15, -0.1) is 0 Å². The third-order valence-corrected chi connectivity index (χ3v) is 4.88. The van der Waals surface area contributed by atoms with E-state index in [0.29, 0.717) is 19.5 Å². The molecule has 1 N–H and O–H groups in total. The molecule has 1 atom stereocenters. The molecule has 6 heteroatoms. The molecule has 1 aromatic carbocycles. The predicted molar refractivity (Wildman–Crippen MR) is 86.6 cm³/mol. The SMILES string of the molecule is O=C(O)C1CCCN(C(=O)Cn2ccc3c(Br)cccc32)C1. The van der Waals surface area contributed by atoms with E-state index in [1.807, 2.05) is 35.0 Å². The largest absolute Gasteiger partial charge is 0.481 e. The van der Waals surface area contributed by atoms with E-state index in [2.05, 4.69) is 15.9 Å². The van der Waals surface area contributed by atoms with Crippen LogP contribution in [-0.2, 0) is 16.1 Å². The molecule has 5 nitrogen and oxygen atoms in total. The van der Waals surface area contributed by atoms with Crippen LogP contribution >= 0.6 is 15.9 Å². The highest BCUT2D eigenvalue weighted by molar-refractivity contribution is 9.10. The lowest BCUT2D eigenvalue weighted by atomic mass is 9.98. The lowest BCUT2D eigenvalue weighted by Gasteiger charge is -2.30. The quantitative estimate of drug-likeness (QED) is 0.910. The van der Waals surface area contributed by atoms with E-state index in [4.69, 9.17) is 5.11 Å². The van der Waals surface area contributed by atoms with Gasteiger partial charge in [0.2, 0.25) is 5.91 Å². The molecule has 2 heterocycles. The van der Waals surface area contributed by atoms with Crippen molar-refractivity contribution in [3.8, 4) is 0 Å². The van der Waals surface area contributed by atoms with Crippen molar-refractivity contribution in [1.29, 1.82) is 0 Å². The van der Waals surface area contributed by atoms with E-state index in [0.717, 1.165) is 21.8 Å². The fourth-order valence-electron chi connectivity index (χ4n) is 2.97. The van der Waals surface area contributed by atoms with E-state index in [1.165, 1.54) is 0 Å². The molecule has 0 radical (unpaired) electrons. The Morgan fingerprint density at radius 3 is 2.91 bits per heavy atom. The lowest BCUT2D eigenvalue weighted by Crippen LogP contribution is -2.43. The maximum atomic E-state index is 12.5. The Kier molecular flexibility index (Phi) is 4.20. The second-order valence-corrected chi connectivity index (χ2v) is 6.49. The average molecular weight is 365 g/mol. The Bertz CT molecular complexity index is 725. The molecule has 2 aromatic rings. The van der Waals surface area contributed by atoms with Crippen molar-refractivity contribution in [3.63, 3.8) is 0 Å². The van der Waals surface area contributed by atoms with E-state index in [9.17, 15) is 9.59 Å². The summed E-state index contributed by atoms with van der Waals surface area (Å²) in [5.74, 6) is -1.27. The number of carboxylic acid groups (broad SMARTS) is 1. The van der Waals surface area contributed by atoms with Crippen LogP contribution in [0.15, 0.2) is 34.9 Å². The van der Waals surface area contributed by atoms with Gasteiger partial charge < -0.3 is 14.6 Å². The Morgan fingerprint density at radius 2 is 2.14 bits per heavy atom. The number of carboxylic acids is 1. The van der Waals surface area contributed by atoms with Crippen molar-refractivity contribution in [1.82, 2.24) is 9.47 Å². The average Bonchev–Trinajstić information content (AvgIpc) is 2.92. The number of aromatic nitrogens is 1. The van der Waals surface area contributed by atoms with Crippen molar-refractivity contribution >= 4 is 38.7 Å². The van der Waals surface area contributed by atoms with E-state index in [-0.39, 0.29) is 12.5 Å². The molecular weight excluding hydrogens is 348 g/mol. The molecule has 1 unspecified atom stereocenters. The summed E-state index contributed by atoms with van der Waals surface area (Å²) in [5.41, 5.74) is 0.995. The fraction of sp³-hybridized carbons (Fsp3) is 0.375. The number of amides is 1. The van der Waals surface area contributed by atoms with E-state index >= 15 is 0 Å². The summed E-state index contributed by atoms with van der Waals surface area (Å²) in [6, 6.07) is 7.86. The van der Waals surface area contributed by atoms with Crippen LogP contribution in [0.4, 0.5) is 0 Å².